The fourth-order valence-electron chi connectivity index (χ4n) is 4.92. The Kier molecular flexibility index (Phi) is 7.05. The van der Waals surface area contributed by atoms with Crippen LogP contribution in [-0.4, -0.2) is 38.1 Å². The quantitative estimate of drug-likeness (QED) is 0.337. The van der Waals surface area contributed by atoms with Crippen LogP contribution < -0.4 is 10.4 Å². The molecular weight excluding hydrogens is 438 g/mol. The van der Waals surface area contributed by atoms with Crippen molar-refractivity contribution >= 4 is 24.8 Å². The Morgan fingerprint density at radius 1 is 0.912 bits per heavy atom. The predicted molar refractivity (Wildman–Crippen MR) is 140 cm³/mol. The average molecular weight is 472 g/mol. The van der Waals surface area contributed by atoms with Gasteiger partial charge in [0.05, 0.1) is 12.6 Å². The predicted octanol–water partition coefficient (Wildman–Crippen LogP) is 5.14. The van der Waals surface area contributed by atoms with Gasteiger partial charge in [0.2, 0.25) is 0 Å². The van der Waals surface area contributed by atoms with Gasteiger partial charge in [0.15, 0.2) is 0 Å². The number of carbonyl (C=O) groups is 1. The van der Waals surface area contributed by atoms with Gasteiger partial charge in [0, 0.05) is 6.54 Å². The van der Waals surface area contributed by atoms with E-state index in [2.05, 4.69) is 75.9 Å². The van der Waals surface area contributed by atoms with Crippen molar-refractivity contribution in [3.63, 3.8) is 0 Å². The molecule has 3 aromatic carbocycles. The van der Waals surface area contributed by atoms with Gasteiger partial charge in [-0.3, -0.25) is 4.90 Å². The fourth-order valence-corrected chi connectivity index (χ4v) is 9.49. The molecule has 0 bridgehead atoms. The fraction of sp³-hybridized carbons (Fsp3) is 0.276. The monoisotopic (exact) mass is 471 g/mol. The molecule has 1 amide bonds. The van der Waals surface area contributed by atoms with Crippen LogP contribution in [0.5, 0.6) is 0 Å². The first-order chi connectivity index (χ1) is 16.4. The summed E-state index contributed by atoms with van der Waals surface area (Å²) in [6.45, 7) is 11.5. The number of amides is 1. The van der Waals surface area contributed by atoms with E-state index in [9.17, 15) is 4.79 Å². The highest BCUT2D eigenvalue weighted by atomic mass is 28.4. The molecule has 1 fully saturated rings. The van der Waals surface area contributed by atoms with Gasteiger partial charge < -0.3 is 9.16 Å². The number of cyclic esters (lactones) is 1. The topological polar surface area (TPSA) is 38.8 Å². The van der Waals surface area contributed by atoms with Crippen molar-refractivity contribution in [3.05, 3.63) is 109 Å². The Balaban J connectivity index is 1.65. The van der Waals surface area contributed by atoms with Gasteiger partial charge in [-0.2, -0.15) is 0 Å². The van der Waals surface area contributed by atoms with Crippen molar-refractivity contribution in [2.45, 2.75) is 44.5 Å². The van der Waals surface area contributed by atoms with Crippen LogP contribution >= 0.6 is 0 Å². The minimum atomic E-state index is -2.72. The van der Waals surface area contributed by atoms with Gasteiger partial charge in [-0.15, -0.1) is 6.58 Å². The lowest BCUT2D eigenvalue weighted by molar-refractivity contribution is 0.0937. The van der Waals surface area contributed by atoms with E-state index in [-0.39, 0.29) is 17.2 Å². The summed E-state index contributed by atoms with van der Waals surface area (Å²) >= 11 is 0. The SMILES string of the molecule is C=C[C@H]1[C@@H](CO[Si](c2ccccc2)(c2ccccc2)C(C)(C)C)OC(=O)N1Cc1ccccc1. The van der Waals surface area contributed by atoms with E-state index >= 15 is 0 Å². The van der Waals surface area contributed by atoms with Crippen LogP contribution in [0.4, 0.5) is 4.79 Å². The number of nitrogens with zero attached hydrogens (tertiary/aromatic N) is 1. The molecule has 0 aromatic heterocycles. The molecule has 0 N–H and O–H groups in total. The van der Waals surface area contributed by atoms with Crippen molar-refractivity contribution in [3.8, 4) is 0 Å². The summed E-state index contributed by atoms with van der Waals surface area (Å²) in [6.07, 6.45) is 1.05. The summed E-state index contributed by atoms with van der Waals surface area (Å²) in [5.41, 5.74) is 1.06. The highest BCUT2D eigenvalue weighted by Crippen LogP contribution is 2.37. The number of benzene rings is 3. The summed E-state index contributed by atoms with van der Waals surface area (Å²) in [6, 6.07) is 30.7. The summed E-state index contributed by atoms with van der Waals surface area (Å²) in [4.78, 5) is 14.6. The molecule has 3 aromatic rings. The lowest BCUT2D eigenvalue weighted by atomic mass is 10.1. The van der Waals surface area contributed by atoms with Crippen molar-refractivity contribution in [2.24, 2.45) is 0 Å². The van der Waals surface area contributed by atoms with Crippen molar-refractivity contribution in [2.75, 3.05) is 6.61 Å². The maximum absolute atomic E-state index is 12.8. The zero-order valence-corrected chi connectivity index (χ0v) is 21.2. The van der Waals surface area contributed by atoms with Gasteiger partial charge in [-0.1, -0.05) is 118 Å². The number of rotatable bonds is 8. The van der Waals surface area contributed by atoms with Gasteiger partial charge in [0.1, 0.15) is 6.10 Å². The molecule has 0 radical (unpaired) electrons. The first-order valence-electron chi connectivity index (χ1n) is 11.8. The second-order valence-corrected chi connectivity index (χ2v) is 14.0. The molecule has 1 aliphatic rings. The average Bonchev–Trinajstić information content (AvgIpc) is 3.14. The molecule has 1 aliphatic heterocycles. The highest BCUT2D eigenvalue weighted by Gasteiger charge is 2.51. The molecule has 4 rings (SSSR count). The molecule has 1 heterocycles. The van der Waals surface area contributed by atoms with E-state index in [0.29, 0.717) is 13.2 Å². The van der Waals surface area contributed by atoms with Crippen molar-refractivity contribution in [1.82, 2.24) is 4.90 Å². The second kappa shape index (κ2) is 10.00. The molecule has 1 saturated heterocycles. The second-order valence-electron chi connectivity index (χ2n) is 9.74. The Morgan fingerprint density at radius 3 is 1.88 bits per heavy atom. The maximum atomic E-state index is 12.8. The molecule has 5 heteroatoms. The van der Waals surface area contributed by atoms with Gasteiger partial charge in [-0.05, 0) is 21.0 Å². The Hall–Kier alpha value is -3.15. The van der Waals surface area contributed by atoms with Gasteiger partial charge in [0.25, 0.3) is 8.32 Å². The van der Waals surface area contributed by atoms with Crippen LogP contribution in [0.2, 0.25) is 5.04 Å². The smallest absolute Gasteiger partial charge is 0.411 e. The largest absolute Gasteiger partial charge is 0.441 e. The molecule has 176 valence electrons. The Labute approximate surface area is 204 Å². The summed E-state index contributed by atoms with van der Waals surface area (Å²) in [5.74, 6) is 0. The van der Waals surface area contributed by atoms with Gasteiger partial charge >= 0.3 is 6.09 Å². The third-order valence-corrected chi connectivity index (χ3v) is 11.6. The van der Waals surface area contributed by atoms with E-state index in [4.69, 9.17) is 9.16 Å². The Morgan fingerprint density at radius 2 is 1.41 bits per heavy atom. The molecule has 0 spiro atoms. The minimum Gasteiger partial charge on any atom is -0.441 e. The zero-order chi connectivity index (χ0) is 24.2. The summed E-state index contributed by atoms with van der Waals surface area (Å²) < 4.78 is 12.9. The van der Waals surface area contributed by atoms with E-state index in [1.807, 2.05) is 42.5 Å². The van der Waals surface area contributed by atoms with Crippen LogP contribution in [0.15, 0.2) is 104 Å². The third-order valence-electron chi connectivity index (χ3n) is 6.55. The molecular formula is C29H33NO3Si. The molecule has 4 nitrogen and oxygen atoms in total. The lowest BCUT2D eigenvalue weighted by Gasteiger charge is -2.43. The number of hydrogen-bond donors (Lipinski definition) is 0. The lowest BCUT2D eigenvalue weighted by Crippen LogP contribution is -2.67. The number of hydrogen-bond acceptors (Lipinski definition) is 3. The molecule has 0 unspecified atom stereocenters. The van der Waals surface area contributed by atoms with E-state index in [0.717, 1.165) is 5.56 Å². The van der Waals surface area contributed by atoms with Crippen LogP contribution in [0.1, 0.15) is 26.3 Å². The van der Waals surface area contributed by atoms with Crippen molar-refractivity contribution in [1.29, 1.82) is 0 Å². The summed E-state index contributed by atoms with van der Waals surface area (Å²) in [5, 5.41) is 2.26. The van der Waals surface area contributed by atoms with E-state index in [1.54, 1.807) is 11.0 Å². The Bertz CT molecular complexity index is 1060. The van der Waals surface area contributed by atoms with Crippen molar-refractivity contribution < 1.29 is 14.0 Å². The first kappa shape index (κ1) is 24.0. The summed E-state index contributed by atoms with van der Waals surface area (Å²) in [7, 11) is -2.72. The number of ether oxygens (including phenoxy) is 1. The van der Waals surface area contributed by atoms with Crippen LogP contribution in [0.3, 0.4) is 0 Å². The zero-order valence-electron chi connectivity index (χ0n) is 20.2. The normalized spacial score (nSPS) is 18.6. The molecule has 34 heavy (non-hydrogen) atoms. The van der Waals surface area contributed by atoms with Crippen LogP contribution in [-0.2, 0) is 15.7 Å². The first-order valence-corrected chi connectivity index (χ1v) is 13.7. The maximum Gasteiger partial charge on any atom is 0.411 e. The van der Waals surface area contributed by atoms with E-state index < -0.39 is 14.4 Å². The third kappa shape index (κ3) is 4.59. The highest BCUT2D eigenvalue weighted by molar-refractivity contribution is 6.99. The van der Waals surface area contributed by atoms with Crippen LogP contribution in [0.25, 0.3) is 0 Å². The standard InChI is InChI=1S/C29H33NO3Si/c1-5-26-27(33-28(31)30(26)21-23-15-9-6-10-16-23)22-32-34(29(2,3)4,24-17-11-7-12-18-24)25-19-13-8-14-20-25/h5-20,26-27H,1,21-22H2,2-4H3/t26-,27+/m0/s1. The van der Waals surface area contributed by atoms with Gasteiger partial charge in [-0.25, -0.2) is 4.79 Å². The number of carbonyl (C=O) groups excluding carboxylic acids is 1. The van der Waals surface area contributed by atoms with Crippen LogP contribution in [0, 0.1) is 0 Å². The minimum absolute atomic E-state index is 0.147. The molecule has 2 atom stereocenters. The molecule has 0 aliphatic carbocycles. The molecule has 0 saturated carbocycles. The van der Waals surface area contributed by atoms with E-state index in [1.165, 1.54) is 10.4 Å².